The van der Waals surface area contributed by atoms with Gasteiger partial charge in [0, 0.05) is 8.95 Å². The number of carbonyl (C=O) groups is 2. The van der Waals surface area contributed by atoms with E-state index in [1.807, 2.05) is 18.2 Å². The van der Waals surface area contributed by atoms with Crippen molar-refractivity contribution < 1.29 is 9.59 Å². The van der Waals surface area contributed by atoms with E-state index in [0.717, 1.165) is 20.9 Å². The Morgan fingerprint density at radius 3 is 2.27 bits per heavy atom. The molecule has 0 N–H and O–H groups in total. The molecule has 1 aliphatic heterocycles. The summed E-state index contributed by atoms with van der Waals surface area (Å²) in [7, 11) is 0. The second-order valence-corrected chi connectivity index (χ2v) is 6.94. The number of anilines is 1. The highest BCUT2D eigenvalue weighted by atomic mass is 79.9. The summed E-state index contributed by atoms with van der Waals surface area (Å²) in [5, 5.41) is 0. The van der Waals surface area contributed by atoms with Crippen LogP contribution in [0.4, 0.5) is 5.69 Å². The Morgan fingerprint density at radius 2 is 1.64 bits per heavy atom. The summed E-state index contributed by atoms with van der Waals surface area (Å²) in [6.07, 6.45) is 0.976. The zero-order valence-electron chi connectivity index (χ0n) is 11.9. The molecular weight excluding hydrogens is 410 g/mol. The fourth-order valence-corrected chi connectivity index (χ4v) is 4.01. The SMILES string of the molecule is CCc1ccc(CN2C(=O)C(=O)c3cc(Br)cc(Br)c32)cc1. The maximum absolute atomic E-state index is 12.3. The summed E-state index contributed by atoms with van der Waals surface area (Å²) in [6.45, 7) is 2.49. The molecule has 0 spiro atoms. The van der Waals surface area contributed by atoms with Gasteiger partial charge >= 0.3 is 0 Å². The highest BCUT2D eigenvalue weighted by Gasteiger charge is 2.37. The summed E-state index contributed by atoms with van der Waals surface area (Å²) >= 11 is 6.81. The Hall–Kier alpha value is -1.46. The number of hydrogen-bond donors (Lipinski definition) is 0. The minimum absolute atomic E-state index is 0.391. The number of nitrogens with zero attached hydrogens (tertiary/aromatic N) is 1. The molecule has 0 radical (unpaired) electrons. The van der Waals surface area contributed by atoms with Crippen LogP contribution in [0.15, 0.2) is 45.3 Å². The van der Waals surface area contributed by atoms with E-state index in [2.05, 4.69) is 50.9 Å². The third-order valence-electron chi connectivity index (χ3n) is 3.75. The molecule has 0 unspecified atom stereocenters. The molecule has 0 aliphatic carbocycles. The summed E-state index contributed by atoms with van der Waals surface area (Å²) in [5.74, 6) is -0.935. The van der Waals surface area contributed by atoms with Crippen molar-refractivity contribution in [3.8, 4) is 0 Å². The molecule has 1 aliphatic rings. The monoisotopic (exact) mass is 421 g/mol. The van der Waals surface area contributed by atoms with Crippen LogP contribution >= 0.6 is 31.9 Å². The van der Waals surface area contributed by atoms with Gasteiger partial charge in [-0.05, 0) is 45.6 Å². The van der Waals surface area contributed by atoms with E-state index in [-0.39, 0.29) is 0 Å². The molecule has 0 fully saturated rings. The van der Waals surface area contributed by atoms with Gasteiger partial charge in [0.25, 0.3) is 11.7 Å². The van der Waals surface area contributed by atoms with Crippen LogP contribution in [0.2, 0.25) is 0 Å². The number of fused-ring (bicyclic) bond motifs is 1. The third-order valence-corrected chi connectivity index (χ3v) is 4.82. The first kappa shape index (κ1) is 15.4. The summed E-state index contributed by atoms with van der Waals surface area (Å²) in [4.78, 5) is 26.0. The van der Waals surface area contributed by atoms with E-state index in [1.54, 1.807) is 6.07 Å². The minimum Gasteiger partial charge on any atom is -0.299 e. The molecular formula is C17H13Br2NO2. The predicted molar refractivity (Wildman–Crippen MR) is 93.2 cm³/mol. The van der Waals surface area contributed by atoms with Gasteiger partial charge in [-0.1, -0.05) is 47.1 Å². The average molecular weight is 423 g/mol. The normalized spacial score (nSPS) is 13.7. The van der Waals surface area contributed by atoms with Gasteiger partial charge in [0.15, 0.2) is 0 Å². The molecule has 0 atom stereocenters. The molecule has 0 saturated carbocycles. The minimum atomic E-state index is -0.478. The van der Waals surface area contributed by atoms with Crippen LogP contribution in [0.3, 0.4) is 0 Å². The van der Waals surface area contributed by atoms with Crippen LogP contribution in [0, 0.1) is 0 Å². The number of Topliss-reactive ketones (excluding diaryl/α,β-unsaturated/α-hetero) is 1. The Morgan fingerprint density at radius 1 is 1.00 bits per heavy atom. The highest BCUT2D eigenvalue weighted by Crippen LogP contribution is 2.39. The molecule has 5 heteroatoms. The van der Waals surface area contributed by atoms with E-state index in [1.165, 1.54) is 10.5 Å². The fourth-order valence-electron chi connectivity index (χ4n) is 2.57. The van der Waals surface area contributed by atoms with Gasteiger partial charge in [-0.15, -0.1) is 0 Å². The first-order valence-electron chi connectivity index (χ1n) is 6.94. The highest BCUT2D eigenvalue weighted by molar-refractivity contribution is 9.11. The quantitative estimate of drug-likeness (QED) is 0.682. The van der Waals surface area contributed by atoms with Crippen molar-refractivity contribution in [1.29, 1.82) is 0 Å². The molecule has 2 aromatic rings. The van der Waals surface area contributed by atoms with Gasteiger partial charge in [0.1, 0.15) is 0 Å². The van der Waals surface area contributed by atoms with Gasteiger partial charge in [0.05, 0.1) is 17.8 Å². The van der Waals surface area contributed by atoms with Crippen LogP contribution in [0.5, 0.6) is 0 Å². The van der Waals surface area contributed by atoms with Crippen molar-refractivity contribution in [3.63, 3.8) is 0 Å². The molecule has 22 heavy (non-hydrogen) atoms. The van der Waals surface area contributed by atoms with E-state index in [4.69, 9.17) is 0 Å². The number of hydrogen-bond acceptors (Lipinski definition) is 2. The van der Waals surface area contributed by atoms with Gasteiger partial charge in [0.2, 0.25) is 0 Å². The van der Waals surface area contributed by atoms with Crippen molar-refractivity contribution in [3.05, 3.63) is 62.0 Å². The van der Waals surface area contributed by atoms with E-state index in [9.17, 15) is 9.59 Å². The van der Waals surface area contributed by atoms with Crippen molar-refractivity contribution in [1.82, 2.24) is 0 Å². The van der Waals surface area contributed by atoms with Crippen LogP contribution in [-0.2, 0) is 17.8 Å². The maximum Gasteiger partial charge on any atom is 0.299 e. The lowest BCUT2D eigenvalue weighted by Gasteiger charge is -2.18. The standard InChI is InChI=1S/C17H13Br2NO2/c1-2-10-3-5-11(6-4-10)9-20-15-13(16(21)17(20)22)7-12(18)8-14(15)19/h3-8H,2,9H2,1H3. The number of carbonyl (C=O) groups excluding carboxylic acids is 2. The summed E-state index contributed by atoms with van der Waals surface area (Å²) in [5.41, 5.74) is 3.34. The van der Waals surface area contributed by atoms with Gasteiger partial charge in [-0.25, -0.2) is 0 Å². The molecule has 0 saturated heterocycles. The Bertz CT molecular complexity index is 769. The smallest absolute Gasteiger partial charge is 0.299 e. The molecule has 3 rings (SSSR count). The number of ketones is 1. The topological polar surface area (TPSA) is 37.4 Å². The molecule has 0 bridgehead atoms. The molecule has 2 aromatic carbocycles. The number of rotatable bonds is 3. The van der Waals surface area contributed by atoms with Gasteiger partial charge < -0.3 is 0 Å². The van der Waals surface area contributed by atoms with Crippen molar-refractivity contribution >= 4 is 49.2 Å². The number of benzene rings is 2. The third kappa shape index (κ3) is 2.63. The predicted octanol–water partition coefficient (Wildman–Crippen LogP) is 4.50. The van der Waals surface area contributed by atoms with Crippen LogP contribution in [-0.4, -0.2) is 11.7 Å². The van der Waals surface area contributed by atoms with Crippen LogP contribution in [0.1, 0.15) is 28.4 Å². The number of amides is 1. The molecule has 1 amide bonds. The average Bonchev–Trinajstić information content (AvgIpc) is 2.73. The molecule has 112 valence electrons. The second-order valence-electron chi connectivity index (χ2n) is 5.17. The molecule has 0 aromatic heterocycles. The lowest BCUT2D eigenvalue weighted by Crippen LogP contribution is -2.29. The van der Waals surface area contributed by atoms with E-state index in [0.29, 0.717) is 17.8 Å². The molecule has 3 nitrogen and oxygen atoms in total. The second kappa shape index (κ2) is 5.97. The number of aryl methyl sites for hydroxylation is 1. The van der Waals surface area contributed by atoms with Crippen molar-refractivity contribution in [2.45, 2.75) is 19.9 Å². The fraction of sp³-hybridized carbons (Fsp3) is 0.176. The Balaban J connectivity index is 1.98. The maximum atomic E-state index is 12.3. The zero-order chi connectivity index (χ0) is 15.9. The van der Waals surface area contributed by atoms with E-state index < -0.39 is 11.7 Å². The van der Waals surface area contributed by atoms with Crippen LogP contribution < -0.4 is 4.90 Å². The zero-order valence-corrected chi connectivity index (χ0v) is 15.1. The van der Waals surface area contributed by atoms with E-state index >= 15 is 0 Å². The van der Waals surface area contributed by atoms with Gasteiger partial charge in [-0.3, -0.25) is 14.5 Å². The summed E-state index contributed by atoms with van der Waals surface area (Å²) in [6, 6.07) is 11.6. The first-order valence-corrected chi connectivity index (χ1v) is 8.53. The Labute approximate surface area is 145 Å². The molecule has 1 heterocycles. The van der Waals surface area contributed by atoms with Gasteiger partial charge in [-0.2, -0.15) is 0 Å². The lowest BCUT2D eigenvalue weighted by molar-refractivity contribution is -0.114. The Kier molecular flexibility index (Phi) is 4.19. The van der Waals surface area contributed by atoms with Crippen molar-refractivity contribution in [2.24, 2.45) is 0 Å². The van der Waals surface area contributed by atoms with Crippen LogP contribution in [0.25, 0.3) is 0 Å². The summed E-state index contributed by atoms with van der Waals surface area (Å²) < 4.78 is 1.51. The first-order chi connectivity index (χ1) is 10.5. The van der Waals surface area contributed by atoms with Crippen molar-refractivity contribution in [2.75, 3.05) is 4.90 Å². The number of halogens is 2. The lowest BCUT2D eigenvalue weighted by atomic mass is 10.1. The largest absolute Gasteiger partial charge is 0.299 e.